The molecule has 26 N–H and O–H groups in total. The summed E-state index contributed by atoms with van der Waals surface area (Å²) in [5.41, 5.74) is 0. The normalized spacial score (nSPS) is 53.6. The van der Waals surface area contributed by atoms with Crippen molar-refractivity contribution in [3.8, 4) is 0 Å². The molecule has 8 fully saturated rings. The van der Waals surface area contributed by atoms with Crippen molar-refractivity contribution in [2.75, 3.05) is 52.9 Å². The van der Waals surface area contributed by atoms with Crippen LogP contribution in [0.15, 0.2) is 0 Å². The van der Waals surface area contributed by atoms with E-state index in [0.29, 0.717) is 0 Å². The van der Waals surface area contributed by atoms with Crippen LogP contribution < -0.4 is 0 Å². The van der Waals surface area contributed by atoms with E-state index >= 15 is 0 Å². The Hall–Kier alpha value is -1.64. The van der Waals surface area contributed by atoms with Crippen molar-refractivity contribution in [2.45, 2.75) is 246 Å². The van der Waals surface area contributed by atoms with Crippen molar-refractivity contribution in [2.24, 2.45) is 0 Å². The molecule has 0 aromatic carbocycles. The third kappa shape index (κ3) is 15.3. The number of aliphatic hydroxyl groups excluding tert-OH is 26. The van der Waals surface area contributed by atoms with Gasteiger partial charge in [0.05, 0.1) is 52.9 Å². The molecule has 0 aromatic rings. The molecule has 0 saturated carbocycles. The maximum Gasteiger partial charge on any atom is 0.187 e. The first-order valence-corrected chi connectivity index (χ1v) is 28.2. The van der Waals surface area contributed by atoms with Gasteiger partial charge < -0.3 is 204 Å². The van der Waals surface area contributed by atoms with Gasteiger partial charge in [0.2, 0.25) is 0 Å². The largest absolute Gasteiger partial charge is 0.394 e. The van der Waals surface area contributed by atoms with Gasteiger partial charge in [-0.1, -0.05) is 0 Å². The van der Waals surface area contributed by atoms with Crippen molar-refractivity contribution >= 4 is 0 Å². The molecule has 8 aliphatic heterocycles. The van der Waals surface area contributed by atoms with Crippen LogP contribution in [0.25, 0.3) is 0 Å². The van der Waals surface area contributed by atoms with Crippen molar-refractivity contribution < 1.29 is 204 Å². The molecule has 41 nitrogen and oxygen atoms in total. The molecule has 0 radical (unpaired) electrons. The molecule has 0 amide bonds. The van der Waals surface area contributed by atoms with E-state index in [2.05, 4.69) is 0 Å². The minimum atomic E-state index is -2.38. The molecule has 8 aliphatic rings. The quantitative estimate of drug-likeness (QED) is 0.0479. The second-order valence-corrected chi connectivity index (χ2v) is 22.5. The predicted molar refractivity (Wildman–Crippen MR) is 264 cm³/mol. The first-order chi connectivity index (χ1) is 42.2. The lowest BCUT2D eigenvalue weighted by atomic mass is 9.95. The van der Waals surface area contributed by atoms with E-state index in [-0.39, 0.29) is 0 Å². The highest BCUT2D eigenvalue weighted by Gasteiger charge is 2.59. The molecular weight excluding hydrogens is 1230 g/mol. The molecule has 0 aliphatic carbocycles. The average molecular weight is 1320 g/mol. The van der Waals surface area contributed by atoms with Gasteiger partial charge in [-0.3, -0.25) is 0 Å². The summed E-state index contributed by atoms with van der Waals surface area (Å²) >= 11 is 0. The number of hydrogen-bond acceptors (Lipinski definition) is 41. The van der Waals surface area contributed by atoms with E-state index in [0.717, 1.165) is 0 Å². The summed E-state index contributed by atoms with van der Waals surface area (Å²) in [7, 11) is 0. The van der Waals surface area contributed by atoms with E-state index in [1.54, 1.807) is 0 Å². The van der Waals surface area contributed by atoms with E-state index in [4.69, 9.17) is 71.1 Å². The lowest BCUT2D eigenvalue weighted by Crippen LogP contribution is -2.68. The summed E-state index contributed by atoms with van der Waals surface area (Å²) in [6.07, 6.45) is -81.6. The molecule has 8 saturated heterocycles. The Morgan fingerprint density at radius 2 is 0.438 bits per heavy atom. The molecule has 0 unspecified atom stereocenters. The zero-order valence-electron chi connectivity index (χ0n) is 46.5. The maximum atomic E-state index is 11.8. The fraction of sp³-hybridized carbons (Fsp3) is 1.00. The van der Waals surface area contributed by atoms with Crippen LogP contribution >= 0.6 is 0 Å². The van der Waals surface area contributed by atoms with E-state index in [9.17, 15) is 133 Å². The van der Waals surface area contributed by atoms with Gasteiger partial charge in [-0.05, 0) is 0 Å². The Kier molecular flexibility index (Phi) is 25.9. The Morgan fingerprint density at radius 1 is 0.191 bits per heavy atom. The highest BCUT2D eigenvalue weighted by atomic mass is 16.8. The lowest BCUT2D eigenvalue weighted by molar-refractivity contribution is -0.404. The van der Waals surface area contributed by atoms with Crippen LogP contribution in [0.5, 0.6) is 0 Å². The standard InChI is InChI=1S/C48H82O41/c49-1-9-17(55)25(63)31(69)43(78-9)85-37-24(62)16(8-76-46-38(28(66)20(58)12(4-52)81-46)87-44-32(70)26(64)18(56)10(2-50)79-44)84-42(35(37)73)75-7-15-23(61)36(34(72)41(74)77-15)86-47-40(30(68)22(60)13(5-53)82-47)89-48-39(29(67)21(59)14(6-54)83-48)88-45-33(71)27(65)19(57)11(3-51)80-45/h9-74H,1-8H2/t9-,10-,11-,12-,13-,14-,15-,16-,17-,18-,19-,20-,21-,22-,23-,24-,25+,26+,27+,28+,29+,30+,31+,32+,33+,34+,35+,36+,37+,38+,39+,40+,41-,42+,43-,44-,45-,46+,47-,48-/m1/s1. The van der Waals surface area contributed by atoms with Gasteiger partial charge in [0, 0.05) is 0 Å². The van der Waals surface area contributed by atoms with Crippen LogP contribution in [0.2, 0.25) is 0 Å². The van der Waals surface area contributed by atoms with Crippen LogP contribution in [-0.2, 0) is 71.1 Å². The number of rotatable bonds is 22. The Labute approximate surface area is 501 Å². The second kappa shape index (κ2) is 31.5. The first-order valence-electron chi connectivity index (χ1n) is 28.2. The van der Waals surface area contributed by atoms with E-state index in [1.807, 2.05) is 0 Å². The first kappa shape index (κ1) is 73.2. The summed E-state index contributed by atoms with van der Waals surface area (Å²) in [5.74, 6) is 0. The summed E-state index contributed by atoms with van der Waals surface area (Å²) < 4.78 is 84.9. The van der Waals surface area contributed by atoms with Gasteiger partial charge in [0.15, 0.2) is 50.3 Å². The smallest absolute Gasteiger partial charge is 0.187 e. The fourth-order valence-corrected chi connectivity index (χ4v) is 11.2. The van der Waals surface area contributed by atoms with Gasteiger partial charge in [-0.25, -0.2) is 0 Å². The van der Waals surface area contributed by atoms with Gasteiger partial charge in [0.25, 0.3) is 0 Å². The number of hydrogen-bond donors (Lipinski definition) is 26. The minimum absolute atomic E-state index is 0.927. The topological polar surface area (TPSA) is 664 Å². The van der Waals surface area contributed by atoms with Crippen molar-refractivity contribution in [1.29, 1.82) is 0 Å². The second-order valence-electron chi connectivity index (χ2n) is 22.5. The third-order valence-corrected chi connectivity index (χ3v) is 16.6. The zero-order valence-corrected chi connectivity index (χ0v) is 46.5. The average Bonchev–Trinajstić information content (AvgIpc) is 1.03. The molecule has 8 heterocycles. The summed E-state index contributed by atoms with van der Waals surface area (Å²) in [6, 6.07) is 0. The van der Waals surface area contributed by atoms with Crippen LogP contribution in [-0.4, -0.2) is 431 Å². The molecule has 40 atom stereocenters. The van der Waals surface area contributed by atoms with Crippen LogP contribution in [0.1, 0.15) is 0 Å². The SMILES string of the molecule is OC[C@H]1O[C@H](O[C@@H]2[C@H](O)[C@@H](OC[C@H]3O[C@@H](O)[C@@H](O)[C@@H](O[C@H]4O[C@H](CO)[C@@H](O)[C@H](O)[C@@H]4O[C@H]4O[C@H](CO)[C@@H](O)[C@H](O)[C@@H]4O[C@H]4O[C@H](CO)[C@@H](O)[C@H](O)[C@@H]4O)[C@@H]3O)O[C@H](CO[C@H]3O[C@H](CO)[C@@H](O)[C@H](O)[C@@H]3O[C@H]3O[C@H](CO)[C@@H](O)[C@H](O)[C@@H]3O)[C@H]2O)[C@@H](O)[C@@H](O)[C@@H]1O. The Bertz CT molecular complexity index is 2130. The van der Waals surface area contributed by atoms with Gasteiger partial charge >= 0.3 is 0 Å². The van der Waals surface area contributed by atoms with E-state index in [1.165, 1.54) is 0 Å². The fourth-order valence-electron chi connectivity index (χ4n) is 11.2. The Balaban J connectivity index is 1.02. The lowest BCUT2D eigenvalue weighted by Gasteiger charge is -2.49. The molecule has 0 spiro atoms. The molecule has 41 heteroatoms. The van der Waals surface area contributed by atoms with Crippen molar-refractivity contribution in [3.05, 3.63) is 0 Å². The molecule has 8 rings (SSSR count). The minimum Gasteiger partial charge on any atom is -0.394 e. The maximum absolute atomic E-state index is 11.8. The summed E-state index contributed by atoms with van der Waals surface area (Å²) in [5, 5.41) is 279. The van der Waals surface area contributed by atoms with E-state index < -0.39 is 299 Å². The highest BCUT2D eigenvalue weighted by molar-refractivity contribution is 5.01. The van der Waals surface area contributed by atoms with Crippen molar-refractivity contribution in [3.63, 3.8) is 0 Å². The van der Waals surface area contributed by atoms with Gasteiger partial charge in [-0.15, -0.1) is 0 Å². The molecule has 520 valence electrons. The zero-order chi connectivity index (χ0) is 65.4. The van der Waals surface area contributed by atoms with Crippen molar-refractivity contribution in [1.82, 2.24) is 0 Å². The third-order valence-electron chi connectivity index (χ3n) is 16.6. The Morgan fingerprint density at radius 3 is 0.798 bits per heavy atom. The highest BCUT2D eigenvalue weighted by Crippen LogP contribution is 2.38. The van der Waals surface area contributed by atoms with Crippen LogP contribution in [0.4, 0.5) is 0 Å². The van der Waals surface area contributed by atoms with Gasteiger partial charge in [-0.2, -0.15) is 0 Å². The van der Waals surface area contributed by atoms with Gasteiger partial charge in [0.1, 0.15) is 195 Å². The number of aliphatic hydroxyl groups is 26. The molecule has 0 bridgehead atoms. The summed E-state index contributed by atoms with van der Waals surface area (Å²) in [6.45, 7) is -8.05. The monoisotopic (exact) mass is 1310 g/mol. The molecule has 89 heavy (non-hydrogen) atoms. The predicted octanol–water partition coefficient (Wildman–Crippen LogP) is -18.5. The van der Waals surface area contributed by atoms with Crippen LogP contribution in [0, 0.1) is 0 Å². The molecule has 0 aromatic heterocycles. The number of ether oxygens (including phenoxy) is 15. The summed E-state index contributed by atoms with van der Waals surface area (Å²) in [4.78, 5) is 0. The van der Waals surface area contributed by atoms with Crippen LogP contribution in [0.3, 0.4) is 0 Å². The molecular formula is C48H82O41.